The SMILES string of the molecule is Cc1cc2[nH]c(C(=O)Nc3ccccc3S(C)(=O)=O)cc2s1. The number of rotatable bonds is 3. The number of benzene rings is 1. The summed E-state index contributed by atoms with van der Waals surface area (Å²) in [6.07, 6.45) is 1.12. The van der Waals surface area contributed by atoms with E-state index in [1.807, 2.05) is 13.0 Å². The van der Waals surface area contributed by atoms with E-state index in [2.05, 4.69) is 10.3 Å². The Kier molecular flexibility index (Phi) is 3.54. The van der Waals surface area contributed by atoms with Gasteiger partial charge in [-0.1, -0.05) is 12.1 Å². The maximum Gasteiger partial charge on any atom is 0.272 e. The van der Waals surface area contributed by atoms with Crippen LogP contribution in [-0.4, -0.2) is 25.6 Å². The molecule has 22 heavy (non-hydrogen) atoms. The van der Waals surface area contributed by atoms with Crippen molar-refractivity contribution in [2.75, 3.05) is 11.6 Å². The molecule has 1 aromatic carbocycles. The summed E-state index contributed by atoms with van der Waals surface area (Å²) >= 11 is 1.60. The summed E-state index contributed by atoms with van der Waals surface area (Å²) in [5.74, 6) is -0.364. The van der Waals surface area contributed by atoms with Gasteiger partial charge >= 0.3 is 0 Å². The molecule has 3 rings (SSSR count). The number of aryl methyl sites for hydroxylation is 1. The highest BCUT2D eigenvalue weighted by Gasteiger charge is 2.17. The molecule has 2 aromatic heterocycles. The van der Waals surface area contributed by atoms with Crippen molar-refractivity contribution < 1.29 is 13.2 Å². The molecule has 2 heterocycles. The van der Waals surface area contributed by atoms with Crippen molar-refractivity contribution in [2.45, 2.75) is 11.8 Å². The first-order chi connectivity index (χ1) is 10.3. The first-order valence-electron chi connectivity index (χ1n) is 6.54. The molecule has 0 spiro atoms. The highest BCUT2D eigenvalue weighted by molar-refractivity contribution is 7.90. The van der Waals surface area contributed by atoms with Gasteiger partial charge in [-0.05, 0) is 31.2 Å². The highest BCUT2D eigenvalue weighted by Crippen LogP contribution is 2.26. The van der Waals surface area contributed by atoms with Gasteiger partial charge in [-0.3, -0.25) is 4.79 Å². The molecule has 114 valence electrons. The van der Waals surface area contributed by atoms with Crippen molar-refractivity contribution >= 4 is 43.0 Å². The molecule has 0 saturated carbocycles. The van der Waals surface area contributed by atoms with Crippen molar-refractivity contribution in [3.8, 4) is 0 Å². The Morgan fingerprint density at radius 2 is 1.95 bits per heavy atom. The van der Waals surface area contributed by atoms with E-state index in [-0.39, 0.29) is 16.5 Å². The van der Waals surface area contributed by atoms with Crippen LogP contribution in [0.1, 0.15) is 15.4 Å². The fraction of sp³-hybridized carbons (Fsp3) is 0.133. The normalized spacial score (nSPS) is 11.7. The van der Waals surface area contributed by atoms with Crippen LogP contribution in [0.15, 0.2) is 41.3 Å². The monoisotopic (exact) mass is 334 g/mol. The lowest BCUT2D eigenvalue weighted by Gasteiger charge is -2.08. The fourth-order valence-electron chi connectivity index (χ4n) is 2.25. The predicted molar refractivity (Wildman–Crippen MR) is 88.4 cm³/mol. The van der Waals surface area contributed by atoms with Crippen LogP contribution in [-0.2, 0) is 9.84 Å². The standard InChI is InChI=1S/C15H14N2O3S2/c1-9-7-11-13(21-9)8-12(16-11)15(18)17-10-5-3-4-6-14(10)22(2,19)20/h3-8,16H,1-2H3,(H,17,18). The summed E-state index contributed by atoms with van der Waals surface area (Å²) in [5, 5.41) is 2.65. The number of aromatic amines is 1. The molecule has 0 bridgehead atoms. The minimum Gasteiger partial charge on any atom is -0.350 e. The summed E-state index contributed by atoms with van der Waals surface area (Å²) in [4.78, 5) is 16.6. The first-order valence-corrected chi connectivity index (χ1v) is 9.25. The number of sulfone groups is 1. The van der Waals surface area contributed by atoms with E-state index in [0.29, 0.717) is 5.69 Å². The lowest BCUT2D eigenvalue weighted by atomic mass is 10.3. The number of aromatic nitrogens is 1. The van der Waals surface area contributed by atoms with Crippen molar-refractivity contribution in [1.29, 1.82) is 0 Å². The Balaban J connectivity index is 1.93. The lowest BCUT2D eigenvalue weighted by molar-refractivity contribution is 0.102. The maximum absolute atomic E-state index is 12.3. The van der Waals surface area contributed by atoms with Crippen LogP contribution >= 0.6 is 11.3 Å². The van der Waals surface area contributed by atoms with Gasteiger partial charge in [-0.2, -0.15) is 0 Å². The minimum absolute atomic E-state index is 0.104. The zero-order valence-electron chi connectivity index (χ0n) is 12.0. The third-order valence-electron chi connectivity index (χ3n) is 3.21. The second-order valence-electron chi connectivity index (χ2n) is 5.04. The third kappa shape index (κ3) is 2.77. The van der Waals surface area contributed by atoms with E-state index in [9.17, 15) is 13.2 Å². The number of thiophene rings is 1. The Hall–Kier alpha value is -2.12. The number of nitrogens with one attached hydrogen (secondary N) is 2. The van der Waals surface area contributed by atoms with Crippen LogP contribution in [0.25, 0.3) is 10.2 Å². The van der Waals surface area contributed by atoms with Crippen LogP contribution in [0.2, 0.25) is 0 Å². The van der Waals surface area contributed by atoms with E-state index >= 15 is 0 Å². The largest absolute Gasteiger partial charge is 0.350 e. The Morgan fingerprint density at radius 1 is 1.23 bits per heavy atom. The van der Waals surface area contributed by atoms with Crippen molar-refractivity contribution in [3.63, 3.8) is 0 Å². The van der Waals surface area contributed by atoms with Crippen molar-refractivity contribution in [3.05, 3.63) is 47.0 Å². The molecule has 0 aliphatic carbocycles. The minimum atomic E-state index is -3.40. The van der Waals surface area contributed by atoms with Crippen LogP contribution in [0.4, 0.5) is 5.69 Å². The number of fused-ring (bicyclic) bond motifs is 1. The Morgan fingerprint density at radius 3 is 2.64 bits per heavy atom. The van der Waals surface area contributed by atoms with Crippen LogP contribution < -0.4 is 5.32 Å². The number of anilines is 1. The second-order valence-corrected chi connectivity index (χ2v) is 8.31. The van der Waals surface area contributed by atoms with E-state index in [1.54, 1.807) is 35.6 Å². The molecule has 1 amide bonds. The second kappa shape index (κ2) is 5.26. The average molecular weight is 334 g/mol. The fourth-order valence-corrected chi connectivity index (χ4v) is 4.02. The van der Waals surface area contributed by atoms with Gasteiger partial charge in [0, 0.05) is 11.1 Å². The van der Waals surface area contributed by atoms with Gasteiger partial charge in [0.05, 0.1) is 20.8 Å². The van der Waals surface area contributed by atoms with Gasteiger partial charge in [0.15, 0.2) is 9.84 Å². The van der Waals surface area contributed by atoms with Crippen LogP contribution in [0, 0.1) is 6.92 Å². The van der Waals surface area contributed by atoms with E-state index in [0.717, 1.165) is 21.3 Å². The number of amides is 1. The summed E-state index contributed by atoms with van der Waals surface area (Å²) in [7, 11) is -3.40. The molecule has 5 nitrogen and oxygen atoms in total. The Labute approximate surface area is 131 Å². The third-order valence-corrected chi connectivity index (χ3v) is 5.36. The molecule has 0 aliphatic rings. The first kappa shape index (κ1) is 14.8. The van der Waals surface area contributed by atoms with Gasteiger partial charge in [0.25, 0.3) is 5.91 Å². The molecule has 3 aromatic rings. The number of para-hydroxylation sites is 1. The topological polar surface area (TPSA) is 79.0 Å². The Bertz CT molecular complexity index is 936. The van der Waals surface area contributed by atoms with Crippen molar-refractivity contribution in [1.82, 2.24) is 4.98 Å². The molecule has 7 heteroatoms. The average Bonchev–Trinajstić information content (AvgIpc) is 2.95. The molecule has 0 atom stereocenters. The predicted octanol–water partition coefficient (Wildman–Crippen LogP) is 3.19. The molecule has 2 N–H and O–H groups in total. The number of hydrogen-bond acceptors (Lipinski definition) is 4. The molecule has 0 aliphatic heterocycles. The van der Waals surface area contributed by atoms with Crippen LogP contribution in [0.5, 0.6) is 0 Å². The van der Waals surface area contributed by atoms with Crippen LogP contribution in [0.3, 0.4) is 0 Å². The van der Waals surface area contributed by atoms with Gasteiger partial charge < -0.3 is 10.3 Å². The van der Waals surface area contributed by atoms with Gasteiger partial charge in [0.1, 0.15) is 5.69 Å². The van der Waals surface area contributed by atoms with Gasteiger partial charge in [0.2, 0.25) is 0 Å². The quantitative estimate of drug-likeness (QED) is 0.772. The molecular weight excluding hydrogens is 320 g/mol. The molecular formula is C15H14N2O3S2. The van der Waals surface area contributed by atoms with Crippen molar-refractivity contribution in [2.24, 2.45) is 0 Å². The molecule has 0 fully saturated rings. The highest BCUT2D eigenvalue weighted by atomic mass is 32.2. The van der Waals surface area contributed by atoms with E-state index < -0.39 is 9.84 Å². The maximum atomic E-state index is 12.3. The van der Waals surface area contributed by atoms with Gasteiger partial charge in [-0.15, -0.1) is 11.3 Å². The smallest absolute Gasteiger partial charge is 0.272 e. The number of carbonyl (C=O) groups excluding carboxylic acids is 1. The summed E-state index contributed by atoms with van der Waals surface area (Å²) in [6.45, 7) is 2.00. The molecule has 0 saturated heterocycles. The lowest BCUT2D eigenvalue weighted by Crippen LogP contribution is -2.14. The number of H-pyrrole nitrogens is 1. The van der Waals surface area contributed by atoms with Gasteiger partial charge in [-0.25, -0.2) is 8.42 Å². The summed E-state index contributed by atoms with van der Waals surface area (Å²) < 4.78 is 24.5. The van der Waals surface area contributed by atoms with E-state index in [4.69, 9.17) is 0 Å². The zero-order valence-corrected chi connectivity index (χ0v) is 13.6. The zero-order chi connectivity index (χ0) is 15.9. The molecule has 0 unspecified atom stereocenters. The summed E-state index contributed by atoms with van der Waals surface area (Å²) in [5.41, 5.74) is 1.60. The van der Waals surface area contributed by atoms with E-state index in [1.165, 1.54) is 6.07 Å². The number of carbonyl (C=O) groups is 1. The number of hydrogen-bond donors (Lipinski definition) is 2. The molecule has 0 radical (unpaired) electrons. The summed E-state index contributed by atoms with van der Waals surface area (Å²) in [6, 6.07) is 10.1.